The van der Waals surface area contributed by atoms with E-state index in [1.165, 1.54) is 7.11 Å². The van der Waals surface area contributed by atoms with Crippen LogP contribution in [-0.4, -0.2) is 25.3 Å². The van der Waals surface area contributed by atoms with Gasteiger partial charge in [-0.1, -0.05) is 0 Å². The molecule has 0 unspecified atom stereocenters. The molecule has 0 amide bonds. The summed E-state index contributed by atoms with van der Waals surface area (Å²) in [7, 11) is 1.31. The first-order valence-electron chi connectivity index (χ1n) is 3.83. The Bertz CT molecular complexity index is 243. The molecule has 66 valence electrons. The second kappa shape index (κ2) is 3.90. The molecule has 12 heavy (non-hydrogen) atoms. The van der Waals surface area contributed by atoms with Gasteiger partial charge in [-0.2, -0.15) is 0 Å². The smallest absolute Gasteiger partial charge is 0.353 e. The molecule has 4 heteroatoms. The average molecular weight is 168 g/mol. The molecule has 1 rings (SSSR count). The average Bonchev–Trinajstić information content (AvgIpc) is 2.55. The third-order valence-corrected chi connectivity index (χ3v) is 1.65. The van der Waals surface area contributed by atoms with Gasteiger partial charge in [0.1, 0.15) is 5.70 Å². The van der Waals surface area contributed by atoms with Crippen molar-refractivity contribution in [3.8, 4) is 0 Å². The standard InChI is InChI=1S/C8H12N2O2/c1-12-8(11)7(9)5-6-3-2-4-10-6/h5H,2-4,9H2,1H3. The van der Waals surface area contributed by atoms with Crippen molar-refractivity contribution in [3.63, 3.8) is 0 Å². The molecule has 1 aliphatic rings. The van der Waals surface area contributed by atoms with Gasteiger partial charge in [-0.15, -0.1) is 0 Å². The lowest BCUT2D eigenvalue weighted by atomic mass is 10.2. The number of hydrogen-bond donors (Lipinski definition) is 1. The van der Waals surface area contributed by atoms with Crippen LogP contribution in [0.25, 0.3) is 0 Å². The number of aliphatic imine (C=N–C) groups is 1. The van der Waals surface area contributed by atoms with Crippen molar-refractivity contribution in [2.24, 2.45) is 10.7 Å². The zero-order valence-corrected chi connectivity index (χ0v) is 7.04. The zero-order chi connectivity index (χ0) is 8.97. The van der Waals surface area contributed by atoms with E-state index in [1.54, 1.807) is 6.08 Å². The van der Waals surface area contributed by atoms with Crippen LogP contribution in [0.2, 0.25) is 0 Å². The number of hydrogen-bond acceptors (Lipinski definition) is 4. The lowest BCUT2D eigenvalue weighted by Crippen LogP contribution is -2.14. The monoisotopic (exact) mass is 168 g/mol. The van der Waals surface area contributed by atoms with Crippen LogP contribution in [0.5, 0.6) is 0 Å². The van der Waals surface area contributed by atoms with Crippen LogP contribution in [0.15, 0.2) is 16.8 Å². The first-order chi connectivity index (χ1) is 5.74. The lowest BCUT2D eigenvalue weighted by molar-refractivity contribution is -0.136. The van der Waals surface area contributed by atoms with Gasteiger partial charge in [0.15, 0.2) is 0 Å². The number of nitrogens with two attached hydrogens (primary N) is 1. The highest BCUT2D eigenvalue weighted by Gasteiger charge is 2.08. The minimum absolute atomic E-state index is 0.123. The summed E-state index contributed by atoms with van der Waals surface area (Å²) in [5.41, 5.74) is 6.42. The molecule has 0 fully saturated rings. The lowest BCUT2D eigenvalue weighted by Gasteiger charge is -1.97. The van der Waals surface area contributed by atoms with Gasteiger partial charge in [0.05, 0.1) is 7.11 Å². The fraction of sp³-hybridized carbons (Fsp3) is 0.500. The summed E-state index contributed by atoms with van der Waals surface area (Å²) in [5.74, 6) is -0.496. The van der Waals surface area contributed by atoms with Crippen LogP contribution < -0.4 is 5.73 Å². The van der Waals surface area contributed by atoms with E-state index in [0.29, 0.717) is 0 Å². The second-order valence-electron chi connectivity index (χ2n) is 2.57. The molecule has 0 saturated heterocycles. The molecule has 0 atom stereocenters. The highest BCUT2D eigenvalue weighted by molar-refractivity contribution is 6.02. The van der Waals surface area contributed by atoms with Gasteiger partial charge < -0.3 is 10.5 Å². The largest absolute Gasteiger partial charge is 0.464 e. The Balaban J connectivity index is 2.61. The normalized spacial score (nSPS) is 17.4. The Morgan fingerprint density at radius 3 is 3.00 bits per heavy atom. The molecule has 0 aromatic rings. The van der Waals surface area contributed by atoms with E-state index in [0.717, 1.165) is 25.1 Å². The SMILES string of the molecule is COC(=O)C(N)=CC1=NCCC1. The number of ether oxygens (including phenoxy) is 1. The Morgan fingerprint density at radius 2 is 2.50 bits per heavy atom. The van der Waals surface area contributed by atoms with E-state index in [4.69, 9.17) is 5.73 Å². The van der Waals surface area contributed by atoms with Crippen LogP contribution in [0.3, 0.4) is 0 Å². The zero-order valence-electron chi connectivity index (χ0n) is 7.04. The maximum absolute atomic E-state index is 10.8. The molecule has 1 aliphatic heterocycles. The van der Waals surface area contributed by atoms with Crippen LogP contribution in [0.4, 0.5) is 0 Å². The quantitative estimate of drug-likeness (QED) is 0.474. The first-order valence-corrected chi connectivity index (χ1v) is 3.83. The number of allylic oxidation sites excluding steroid dienone is 1. The Kier molecular flexibility index (Phi) is 2.85. The molecule has 0 radical (unpaired) electrons. The van der Waals surface area contributed by atoms with E-state index >= 15 is 0 Å². The third kappa shape index (κ3) is 2.08. The summed E-state index contributed by atoms with van der Waals surface area (Å²) in [6, 6.07) is 0. The number of nitrogens with zero attached hydrogens (tertiary/aromatic N) is 1. The first kappa shape index (κ1) is 8.77. The van der Waals surface area contributed by atoms with Crippen molar-refractivity contribution >= 4 is 11.7 Å². The summed E-state index contributed by atoms with van der Waals surface area (Å²) < 4.78 is 4.44. The van der Waals surface area contributed by atoms with Crippen molar-refractivity contribution in [1.82, 2.24) is 0 Å². The van der Waals surface area contributed by atoms with Crippen LogP contribution >= 0.6 is 0 Å². The number of methoxy groups -OCH3 is 1. The van der Waals surface area contributed by atoms with Gasteiger partial charge in [-0.25, -0.2) is 4.79 Å². The van der Waals surface area contributed by atoms with Crippen LogP contribution in [0.1, 0.15) is 12.8 Å². The highest BCUT2D eigenvalue weighted by atomic mass is 16.5. The van der Waals surface area contributed by atoms with E-state index in [9.17, 15) is 4.79 Å². The third-order valence-electron chi connectivity index (χ3n) is 1.65. The Morgan fingerprint density at radius 1 is 1.75 bits per heavy atom. The van der Waals surface area contributed by atoms with Crippen LogP contribution in [-0.2, 0) is 9.53 Å². The number of rotatable bonds is 2. The van der Waals surface area contributed by atoms with E-state index in [-0.39, 0.29) is 5.70 Å². The molecular weight excluding hydrogens is 156 g/mol. The van der Waals surface area contributed by atoms with Gasteiger partial charge in [0.25, 0.3) is 0 Å². The van der Waals surface area contributed by atoms with E-state index in [1.807, 2.05) is 0 Å². The minimum Gasteiger partial charge on any atom is -0.464 e. The molecule has 0 saturated carbocycles. The molecule has 0 aromatic carbocycles. The molecule has 0 bridgehead atoms. The Labute approximate surface area is 71.1 Å². The fourth-order valence-corrected chi connectivity index (χ4v) is 1.04. The van der Waals surface area contributed by atoms with Gasteiger partial charge >= 0.3 is 5.97 Å². The van der Waals surface area contributed by atoms with Gasteiger partial charge in [-0.3, -0.25) is 4.99 Å². The molecule has 1 heterocycles. The topological polar surface area (TPSA) is 64.7 Å². The molecular formula is C8H12N2O2. The summed E-state index contributed by atoms with van der Waals surface area (Å²) >= 11 is 0. The number of carbonyl (C=O) groups excluding carboxylic acids is 1. The van der Waals surface area contributed by atoms with Crippen molar-refractivity contribution in [2.75, 3.05) is 13.7 Å². The van der Waals surface area contributed by atoms with Crippen molar-refractivity contribution in [2.45, 2.75) is 12.8 Å². The number of esters is 1. The van der Waals surface area contributed by atoms with Crippen LogP contribution in [0, 0.1) is 0 Å². The van der Waals surface area contributed by atoms with E-state index < -0.39 is 5.97 Å². The maximum atomic E-state index is 10.8. The molecule has 0 aliphatic carbocycles. The van der Waals surface area contributed by atoms with Gasteiger partial charge in [0, 0.05) is 12.3 Å². The predicted molar refractivity (Wildman–Crippen MR) is 45.8 cm³/mol. The van der Waals surface area contributed by atoms with Crippen molar-refractivity contribution < 1.29 is 9.53 Å². The highest BCUT2D eigenvalue weighted by Crippen LogP contribution is 2.05. The molecule has 2 N–H and O–H groups in total. The summed E-state index contributed by atoms with van der Waals surface area (Å²) in [6.45, 7) is 0.834. The van der Waals surface area contributed by atoms with Gasteiger partial charge in [-0.05, 0) is 18.9 Å². The molecule has 4 nitrogen and oxygen atoms in total. The summed E-state index contributed by atoms with van der Waals surface area (Å²) in [6.07, 6.45) is 3.52. The predicted octanol–water partition coefficient (Wildman–Crippen LogP) is 0.237. The minimum atomic E-state index is -0.496. The summed E-state index contributed by atoms with van der Waals surface area (Å²) in [5, 5.41) is 0. The Hall–Kier alpha value is -1.32. The van der Waals surface area contributed by atoms with Gasteiger partial charge in [0.2, 0.25) is 0 Å². The van der Waals surface area contributed by atoms with Crippen molar-refractivity contribution in [1.29, 1.82) is 0 Å². The number of carbonyl (C=O) groups is 1. The molecule has 0 spiro atoms. The summed E-state index contributed by atoms with van der Waals surface area (Å²) in [4.78, 5) is 15.0. The molecule has 0 aromatic heterocycles. The second-order valence-corrected chi connectivity index (χ2v) is 2.57. The maximum Gasteiger partial charge on any atom is 0.353 e. The van der Waals surface area contributed by atoms with E-state index in [2.05, 4.69) is 9.73 Å². The fourth-order valence-electron chi connectivity index (χ4n) is 1.04. The van der Waals surface area contributed by atoms with Crippen molar-refractivity contribution in [3.05, 3.63) is 11.8 Å².